The predicted molar refractivity (Wildman–Crippen MR) is 60.0 cm³/mol. The molecule has 17 heavy (non-hydrogen) atoms. The molecule has 1 atom stereocenters. The Bertz CT molecular complexity index is 530. The Balaban J connectivity index is 2.37. The predicted octanol–water partition coefficient (Wildman–Crippen LogP) is 2.97. The quantitative estimate of drug-likeness (QED) is 0.917. The summed E-state index contributed by atoms with van der Waals surface area (Å²) in [4.78, 5) is 3.93. The number of aromatic nitrogens is 2. The Kier molecular flexibility index (Phi) is 3.40. The molecule has 0 fully saturated rings. The Labute approximate surface area is 102 Å². The molecule has 0 bridgehead atoms. The lowest BCUT2D eigenvalue weighted by Gasteiger charge is -1.99. The normalized spacial score (nSPS) is 12.7. The molecular formula is C11H10ClFN2O2. The molecule has 2 rings (SSSR count). The van der Waals surface area contributed by atoms with Gasteiger partial charge in [0.1, 0.15) is 11.9 Å². The van der Waals surface area contributed by atoms with E-state index in [1.54, 1.807) is 6.92 Å². The molecule has 0 aliphatic rings. The van der Waals surface area contributed by atoms with Crippen LogP contribution < -0.4 is 0 Å². The molecule has 90 valence electrons. The van der Waals surface area contributed by atoms with Gasteiger partial charge in [0.05, 0.1) is 5.56 Å². The lowest BCUT2D eigenvalue weighted by Crippen LogP contribution is -1.97. The van der Waals surface area contributed by atoms with Crippen molar-refractivity contribution in [3.05, 3.63) is 34.9 Å². The van der Waals surface area contributed by atoms with Gasteiger partial charge in [0.2, 0.25) is 5.82 Å². The first-order valence-electron chi connectivity index (χ1n) is 5.09. The SMILES string of the molecule is CCC(O)c1noc(-c2ccc(Cl)cc2F)n1. The van der Waals surface area contributed by atoms with Crippen molar-refractivity contribution in [2.45, 2.75) is 19.4 Å². The highest BCUT2D eigenvalue weighted by Gasteiger charge is 2.17. The van der Waals surface area contributed by atoms with Crippen LogP contribution in [0.15, 0.2) is 22.7 Å². The lowest BCUT2D eigenvalue weighted by molar-refractivity contribution is 0.159. The van der Waals surface area contributed by atoms with E-state index >= 15 is 0 Å². The number of hydrogen-bond donors (Lipinski definition) is 1. The molecule has 1 unspecified atom stereocenters. The summed E-state index contributed by atoms with van der Waals surface area (Å²) in [6, 6.07) is 4.14. The molecule has 0 radical (unpaired) electrons. The van der Waals surface area contributed by atoms with Crippen LogP contribution in [0.25, 0.3) is 11.5 Å². The fourth-order valence-corrected chi connectivity index (χ4v) is 1.48. The lowest BCUT2D eigenvalue weighted by atomic mass is 10.2. The zero-order valence-electron chi connectivity index (χ0n) is 9.02. The highest BCUT2D eigenvalue weighted by atomic mass is 35.5. The molecular weight excluding hydrogens is 247 g/mol. The zero-order chi connectivity index (χ0) is 12.4. The summed E-state index contributed by atoms with van der Waals surface area (Å²) in [5, 5.41) is 13.4. The van der Waals surface area contributed by atoms with Crippen LogP contribution in [-0.4, -0.2) is 15.2 Å². The van der Waals surface area contributed by atoms with Gasteiger partial charge in [-0.05, 0) is 24.6 Å². The molecule has 6 heteroatoms. The molecule has 0 amide bonds. The molecule has 1 aromatic heterocycles. The van der Waals surface area contributed by atoms with E-state index in [-0.39, 0.29) is 17.3 Å². The third kappa shape index (κ3) is 2.45. The molecule has 2 aromatic rings. The third-order valence-corrected chi connectivity index (χ3v) is 2.52. The van der Waals surface area contributed by atoms with Crippen molar-refractivity contribution < 1.29 is 14.0 Å². The van der Waals surface area contributed by atoms with E-state index in [0.29, 0.717) is 11.4 Å². The van der Waals surface area contributed by atoms with E-state index in [1.807, 2.05) is 0 Å². The van der Waals surface area contributed by atoms with Gasteiger partial charge >= 0.3 is 0 Å². The Hall–Kier alpha value is -1.46. The maximum Gasteiger partial charge on any atom is 0.260 e. The molecule has 0 spiro atoms. The summed E-state index contributed by atoms with van der Waals surface area (Å²) in [7, 11) is 0. The van der Waals surface area contributed by atoms with Gasteiger partial charge in [0.15, 0.2) is 0 Å². The van der Waals surface area contributed by atoms with Crippen LogP contribution in [0, 0.1) is 5.82 Å². The van der Waals surface area contributed by atoms with Gasteiger partial charge < -0.3 is 9.63 Å². The van der Waals surface area contributed by atoms with E-state index in [2.05, 4.69) is 10.1 Å². The van der Waals surface area contributed by atoms with Gasteiger partial charge in [0, 0.05) is 5.02 Å². The summed E-state index contributed by atoms with van der Waals surface area (Å²) in [6.07, 6.45) is -0.343. The largest absolute Gasteiger partial charge is 0.385 e. The maximum absolute atomic E-state index is 13.6. The second-order valence-corrected chi connectivity index (χ2v) is 3.94. The second-order valence-electron chi connectivity index (χ2n) is 3.51. The van der Waals surface area contributed by atoms with Crippen LogP contribution in [0.4, 0.5) is 4.39 Å². The fourth-order valence-electron chi connectivity index (χ4n) is 1.33. The van der Waals surface area contributed by atoms with Crippen LogP contribution in [0.1, 0.15) is 25.3 Å². The van der Waals surface area contributed by atoms with Crippen molar-refractivity contribution in [3.63, 3.8) is 0 Å². The topological polar surface area (TPSA) is 59.2 Å². The van der Waals surface area contributed by atoms with Crippen LogP contribution in [0.2, 0.25) is 5.02 Å². The van der Waals surface area contributed by atoms with Crippen molar-refractivity contribution >= 4 is 11.6 Å². The minimum Gasteiger partial charge on any atom is -0.385 e. The fraction of sp³-hybridized carbons (Fsp3) is 0.273. The van der Waals surface area contributed by atoms with Gasteiger partial charge in [-0.15, -0.1) is 0 Å². The highest BCUT2D eigenvalue weighted by molar-refractivity contribution is 6.30. The highest BCUT2D eigenvalue weighted by Crippen LogP contribution is 2.25. The van der Waals surface area contributed by atoms with E-state index in [1.165, 1.54) is 12.1 Å². The van der Waals surface area contributed by atoms with Crippen molar-refractivity contribution in [1.82, 2.24) is 10.1 Å². The number of aliphatic hydroxyl groups is 1. The van der Waals surface area contributed by atoms with Crippen LogP contribution >= 0.6 is 11.6 Å². The number of nitrogens with zero attached hydrogens (tertiary/aromatic N) is 2. The van der Waals surface area contributed by atoms with Crippen LogP contribution in [-0.2, 0) is 0 Å². The van der Waals surface area contributed by atoms with Gasteiger partial charge in [-0.3, -0.25) is 0 Å². The minimum absolute atomic E-state index is 0.0293. The van der Waals surface area contributed by atoms with Gasteiger partial charge in [-0.1, -0.05) is 23.7 Å². The van der Waals surface area contributed by atoms with Gasteiger partial charge in [-0.25, -0.2) is 4.39 Å². The zero-order valence-corrected chi connectivity index (χ0v) is 9.78. The van der Waals surface area contributed by atoms with E-state index in [4.69, 9.17) is 16.1 Å². The first-order valence-corrected chi connectivity index (χ1v) is 5.46. The van der Waals surface area contributed by atoms with Gasteiger partial charge in [-0.2, -0.15) is 4.98 Å². The number of halogens is 2. The summed E-state index contributed by atoms with van der Waals surface area (Å²) in [6.45, 7) is 1.78. The summed E-state index contributed by atoms with van der Waals surface area (Å²) >= 11 is 5.64. The number of hydrogen-bond acceptors (Lipinski definition) is 4. The smallest absolute Gasteiger partial charge is 0.260 e. The maximum atomic E-state index is 13.6. The number of benzene rings is 1. The summed E-state index contributed by atoms with van der Waals surface area (Å²) in [5.74, 6) is -0.364. The molecule has 0 saturated carbocycles. The Morgan fingerprint density at radius 2 is 2.29 bits per heavy atom. The molecule has 0 aliphatic heterocycles. The first-order chi connectivity index (χ1) is 8.11. The number of rotatable bonds is 3. The average molecular weight is 257 g/mol. The first kappa shape index (κ1) is 12.0. The van der Waals surface area contributed by atoms with Crippen molar-refractivity contribution in [2.75, 3.05) is 0 Å². The molecule has 0 saturated heterocycles. The van der Waals surface area contributed by atoms with Crippen LogP contribution in [0.3, 0.4) is 0 Å². The monoisotopic (exact) mass is 256 g/mol. The summed E-state index contributed by atoms with van der Waals surface area (Å²) < 4.78 is 18.4. The molecule has 1 heterocycles. The van der Waals surface area contributed by atoms with Crippen LogP contribution in [0.5, 0.6) is 0 Å². The van der Waals surface area contributed by atoms with E-state index < -0.39 is 11.9 Å². The van der Waals surface area contributed by atoms with E-state index in [9.17, 15) is 9.50 Å². The minimum atomic E-state index is -0.803. The Morgan fingerprint density at radius 1 is 1.53 bits per heavy atom. The summed E-state index contributed by atoms with van der Waals surface area (Å²) in [5.41, 5.74) is 0.163. The van der Waals surface area contributed by atoms with Crippen molar-refractivity contribution in [3.8, 4) is 11.5 Å². The van der Waals surface area contributed by atoms with E-state index in [0.717, 1.165) is 6.07 Å². The molecule has 4 nitrogen and oxygen atoms in total. The standard InChI is InChI=1S/C11H10ClFN2O2/c1-2-9(16)10-14-11(17-15-10)7-4-3-6(12)5-8(7)13/h3-5,9,16H,2H2,1H3. The third-order valence-electron chi connectivity index (χ3n) is 2.29. The molecule has 0 aliphatic carbocycles. The Morgan fingerprint density at radius 3 is 2.94 bits per heavy atom. The van der Waals surface area contributed by atoms with Gasteiger partial charge in [0.25, 0.3) is 5.89 Å². The van der Waals surface area contributed by atoms with Crippen molar-refractivity contribution in [2.24, 2.45) is 0 Å². The molecule has 1 N–H and O–H groups in total. The average Bonchev–Trinajstić information content (AvgIpc) is 2.77. The number of aliphatic hydroxyl groups excluding tert-OH is 1. The second kappa shape index (κ2) is 4.81. The molecule has 1 aromatic carbocycles. The van der Waals surface area contributed by atoms with Crippen molar-refractivity contribution in [1.29, 1.82) is 0 Å².